The van der Waals surface area contributed by atoms with Crippen LogP contribution in [-0.2, 0) is 9.31 Å². The molecule has 1 saturated heterocycles. The van der Waals surface area contributed by atoms with Crippen LogP contribution in [-0.4, -0.2) is 58.2 Å². The Morgan fingerprint density at radius 2 is 0.538 bits per heavy atom. The minimum Gasteiger partial charge on any atom is -0.398 e. The molecule has 0 amide bonds. The number of hydrogen-bond donors (Lipinski definition) is 0. The Hall–Kier alpha value is -12.6. The van der Waals surface area contributed by atoms with Gasteiger partial charge in [0.1, 0.15) is 0 Å². The molecule has 0 aliphatic carbocycles. The minimum atomic E-state index is -0.483. The topological polar surface area (TPSA) is 122 Å². The van der Waals surface area contributed by atoms with Gasteiger partial charge in [0.05, 0.1) is 33.5 Å². The second-order valence-corrected chi connectivity index (χ2v) is 28.3. The molecular weight excluding hydrogens is 1360 g/mol. The quantitative estimate of drug-likeness (QED) is 0.0743. The fourth-order valence-electron chi connectivity index (χ4n) is 13.7. The van der Waals surface area contributed by atoms with Crippen molar-refractivity contribution in [2.24, 2.45) is 0 Å². The van der Waals surface area contributed by atoms with Crippen LogP contribution < -0.4 is 5.59 Å². The van der Waals surface area contributed by atoms with Crippen LogP contribution in [0.3, 0.4) is 0 Å². The first-order valence-corrected chi connectivity index (χ1v) is 36.3. The number of fused-ring (bicyclic) bond motifs is 8. The van der Waals surface area contributed by atoms with Crippen LogP contribution in [0, 0.1) is 0 Å². The summed E-state index contributed by atoms with van der Waals surface area (Å²) in [6.07, 6.45) is 0. The van der Waals surface area contributed by atoms with Gasteiger partial charge in [-0.3, -0.25) is 4.98 Å². The van der Waals surface area contributed by atoms with Gasteiger partial charge in [-0.1, -0.05) is 301 Å². The maximum Gasteiger partial charge on any atom is 0.515 e. The molecule has 1 fully saturated rings. The number of hydrogen-bond acceptors (Lipinski definition) is 10. The molecule has 106 heavy (non-hydrogen) atoms. The molecule has 18 aromatic rings. The fraction of sp³-hybridized carbons (Fsp3) is 0.0638. The number of pyridine rings is 2. The van der Waals surface area contributed by atoms with Gasteiger partial charge < -0.3 is 9.31 Å². The Morgan fingerprint density at radius 3 is 0.981 bits per heavy atom. The number of halogens is 1. The summed E-state index contributed by atoms with van der Waals surface area (Å²) in [4.78, 5) is 39.6. The SMILES string of the molecule is Brc1cccc(-c2nc(-c3ccccc3)nc(-c3ccc(-c4ccccc4)cc3)n2)c1.CC1(C)OB(c2nc3ccccc3c3cc4ccccc4cc23)OC1(C)C.c1ccc(-c2ccc(-c3nc(-c4ccccc4)nc(-c4cccc(-c5nc6ccccc6c6cc7ccccc7cc56)c4)n3)cc2)cc1. The average molecular weight is 1430 g/mol. The van der Waals surface area contributed by atoms with Crippen molar-refractivity contribution in [2.75, 3.05) is 0 Å². The van der Waals surface area contributed by atoms with Gasteiger partial charge in [0.2, 0.25) is 0 Å². The zero-order valence-electron chi connectivity index (χ0n) is 58.7. The summed E-state index contributed by atoms with van der Waals surface area (Å²) in [5, 5.41) is 11.7. The third kappa shape index (κ3) is 13.6. The van der Waals surface area contributed by atoms with E-state index in [1.807, 2.05) is 121 Å². The van der Waals surface area contributed by atoms with Crippen LogP contribution in [0.2, 0.25) is 0 Å². The van der Waals surface area contributed by atoms with Gasteiger partial charge in [-0.05, 0) is 137 Å². The third-order valence-electron chi connectivity index (χ3n) is 20.0. The van der Waals surface area contributed by atoms with Crippen molar-refractivity contribution in [3.8, 4) is 102 Å². The van der Waals surface area contributed by atoms with Gasteiger partial charge in [-0.25, -0.2) is 34.9 Å². The highest BCUT2D eigenvalue weighted by molar-refractivity contribution is 9.10. The maximum atomic E-state index is 6.33. The van der Waals surface area contributed by atoms with E-state index in [9.17, 15) is 0 Å². The second-order valence-electron chi connectivity index (χ2n) is 27.4. The van der Waals surface area contributed by atoms with Crippen LogP contribution in [0.25, 0.3) is 167 Å². The molecule has 0 atom stereocenters. The van der Waals surface area contributed by atoms with Gasteiger partial charge in [0.15, 0.2) is 34.9 Å². The van der Waals surface area contributed by atoms with E-state index in [0.717, 1.165) is 98.4 Å². The molecule has 19 rings (SSSR count). The van der Waals surface area contributed by atoms with Crippen molar-refractivity contribution < 1.29 is 9.31 Å². The summed E-state index contributed by atoms with van der Waals surface area (Å²) in [7, 11) is -0.483. The molecule has 1 aliphatic rings. The Bertz CT molecular complexity index is 6280. The molecule has 4 aromatic heterocycles. The van der Waals surface area contributed by atoms with E-state index in [1.54, 1.807) is 0 Å². The van der Waals surface area contributed by atoms with Crippen molar-refractivity contribution in [2.45, 2.75) is 38.9 Å². The van der Waals surface area contributed by atoms with Gasteiger partial charge in [-0.15, -0.1) is 0 Å². The summed E-state index contributed by atoms with van der Waals surface area (Å²) in [5.74, 6) is 3.84. The summed E-state index contributed by atoms with van der Waals surface area (Å²) >= 11 is 3.55. The Morgan fingerprint density at radius 1 is 0.236 bits per heavy atom. The molecule has 0 unspecified atom stereocenters. The molecule has 0 spiro atoms. The Balaban J connectivity index is 0.000000124. The molecule has 5 heterocycles. The number of rotatable bonds is 10. The predicted octanol–water partition coefficient (Wildman–Crippen LogP) is 23.2. The molecule has 14 aromatic carbocycles. The van der Waals surface area contributed by atoms with Crippen molar-refractivity contribution in [3.63, 3.8) is 0 Å². The molecule has 506 valence electrons. The van der Waals surface area contributed by atoms with Gasteiger partial charge in [0, 0.05) is 65.0 Å². The van der Waals surface area contributed by atoms with Crippen LogP contribution in [0.4, 0.5) is 0 Å². The lowest BCUT2D eigenvalue weighted by atomic mass is 9.79. The monoisotopic (exact) mass is 1430 g/mol. The smallest absolute Gasteiger partial charge is 0.398 e. The Labute approximate surface area is 623 Å². The van der Waals surface area contributed by atoms with E-state index in [1.165, 1.54) is 43.4 Å². The highest BCUT2D eigenvalue weighted by Gasteiger charge is 2.53. The zero-order valence-corrected chi connectivity index (χ0v) is 60.3. The molecule has 12 heteroatoms. The first-order valence-electron chi connectivity index (χ1n) is 35.5. The van der Waals surface area contributed by atoms with Crippen molar-refractivity contribution in [3.05, 3.63) is 344 Å². The molecule has 0 bridgehead atoms. The normalized spacial score (nSPS) is 13.0. The van der Waals surface area contributed by atoms with Crippen molar-refractivity contribution in [1.82, 2.24) is 39.9 Å². The molecule has 10 nitrogen and oxygen atoms in total. The van der Waals surface area contributed by atoms with Gasteiger partial charge >= 0.3 is 7.12 Å². The number of aromatic nitrogens is 8. The second kappa shape index (κ2) is 28.6. The van der Waals surface area contributed by atoms with E-state index in [4.69, 9.17) is 49.2 Å². The van der Waals surface area contributed by atoms with E-state index in [-0.39, 0.29) is 0 Å². The lowest BCUT2D eigenvalue weighted by Crippen LogP contribution is -2.41. The van der Waals surface area contributed by atoms with E-state index >= 15 is 0 Å². The van der Waals surface area contributed by atoms with Gasteiger partial charge in [0.25, 0.3) is 0 Å². The highest BCUT2D eigenvalue weighted by atomic mass is 79.9. The van der Waals surface area contributed by atoms with E-state index in [0.29, 0.717) is 34.9 Å². The van der Waals surface area contributed by atoms with Crippen molar-refractivity contribution in [1.29, 1.82) is 0 Å². The Kier molecular flexibility index (Phi) is 18.0. The highest BCUT2D eigenvalue weighted by Crippen LogP contribution is 2.40. The molecule has 0 saturated carbocycles. The third-order valence-corrected chi connectivity index (χ3v) is 20.4. The summed E-state index contributed by atoms with van der Waals surface area (Å²) in [6.45, 7) is 8.30. The van der Waals surface area contributed by atoms with Crippen LogP contribution >= 0.6 is 15.9 Å². The standard InChI is InChI=1S/C44H28N4.C27H18BrN3.C23H22BNO2/c1-3-12-29(13-4-1)30-22-24-32(25-23-30)43-46-42(31-14-5-2-6-15-31)47-44(48-43)36-19-11-18-35(26-36)41-39-28-34-17-8-7-16-33(34)27-38(39)37-20-9-10-21-40(37)45-41;28-24-13-7-12-23(18-24)27-30-25(21-10-5-2-6-11-21)29-26(31-27)22-16-14-20(15-17-22)19-8-3-1-4-9-19;1-22(2)23(3,4)27-24(26-22)21-19-14-16-10-6-5-9-15(16)13-18(19)17-11-7-8-12-20(17)25-21/h1-28H;1-18H;5-14H,1-4H3. The van der Waals surface area contributed by atoms with E-state index < -0.39 is 18.3 Å². The maximum absolute atomic E-state index is 6.33. The van der Waals surface area contributed by atoms with Gasteiger partial charge in [-0.2, -0.15) is 0 Å². The largest absolute Gasteiger partial charge is 0.515 e. The molecular formula is C94H68BBrN8O2. The molecule has 0 radical (unpaired) electrons. The van der Waals surface area contributed by atoms with E-state index in [2.05, 4.69) is 262 Å². The molecule has 1 aliphatic heterocycles. The fourth-order valence-corrected chi connectivity index (χ4v) is 14.1. The van der Waals surface area contributed by atoms with Crippen LogP contribution in [0.1, 0.15) is 27.7 Å². The predicted molar refractivity (Wildman–Crippen MR) is 439 cm³/mol. The number of para-hydroxylation sites is 2. The van der Waals surface area contributed by atoms with Crippen LogP contribution in [0.15, 0.2) is 344 Å². The number of benzene rings is 14. The van der Waals surface area contributed by atoms with Crippen LogP contribution in [0.5, 0.6) is 0 Å². The summed E-state index contributed by atoms with van der Waals surface area (Å²) in [6, 6.07) is 117. The summed E-state index contributed by atoms with van der Waals surface area (Å²) in [5.41, 5.74) is 14.2. The molecule has 0 N–H and O–H groups in total. The first-order chi connectivity index (χ1) is 51.9. The zero-order chi connectivity index (χ0) is 71.7. The lowest BCUT2D eigenvalue weighted by molar-refractivity contribution is 0.00578. The lowest BCUT2D eigenvalue weighted by Gasteiger charge is -2.32. The van der Waals surface area contributed by atoms with Crippen molar-refractivity contribution >= 4 is 93.5 Å². The minimum absolute atomic E-state index is 0.395. The number of nitrogens with zero attached hydrogens (tertiary/aromatic N) is 8. The first kappa shape index (κ1) is 66.7. The summed E-state index contributed by atoms with van der Waals surface area (Å²) < 4.78 is 13.7. The average Bonchev–Trinajstić information content (AvgIpc) is 1.11.